The number of benzene rings is 3. The Balaban J connectivity index is 2.09. The van der Waals surface area contributed by atoms with E-state index >= 15 is 0 Å². The third-order valence-electron chi connectivity index (χ3n) is 3.17. The predicted octanol–water partition coefficient (Wildman–Crippen LogP) is 5.06. The Bertz CT molecular complexity index is 801. The fourth-order valence-corrected chi connectivity index (χ4v) is 2.55. The molecule has 1 N–H and O–H groups in total. The van der Waals surface area contributed by atoms with Crippen LogP contribution in [0.25, 0.3) is 10.8 Å². The van der Waals surface area contributed by atoms with Crippen LogP contribution in [-0.2, 0) is 0 Å². The van der Waals surface area contributed by atoms with Gasteiger partial charge in [0, 0.05) is 25.7 Å². The highest BCUT2D eigenvalue weighted by atomic mass is 127. The van der Waals surface area contributed by atoms with Gasteiger partial charge in [0.05, 0.1) is 11.6 Å². The molecular formula is C17H11IN2. The fourth-order valence-electron chi connectivity index (χ4n) is 2.19. The number of nitriles is 1. The Morgan fingerprint density at radius 3 is 2.25 bits per heavy atom. The summed E-state index contributed by atoms with van der Waals surface area (Å²) in [4.78, 5) is 0. The number of anilines is 2. The second kappa shape index (κ2) is 5.51. The van der Waals surface area contributed by atoms with E-state index in [9.17, 15) is 5.26 Å². The summed E-state index contributed by atoms with van der Waals surface area (Å²) in [5.41, 5.74) is 2.76. The van der Waals surface area contributed by atoms with Crippen molar-refractivity contribution in [3.63, 3.8) is 0 Å². The molecule has 20 heavy (non-hydrogen) atoms. The lowest BCUT2D eigenvalue weighted by Crippen LogP contribution is -1.92. The molecule has 0 amide bonds. The van der Waals surface area contributed by atoms with Gasteiger partial charge in [-0.3, -0.25) is 0 Å². The summed E-state index contributed by atoms with van der Waals surface area (Å²) in [5, 5.41) is 14.6. The summed E-state index contributed by atoms with van der Waals surface area (Å²) in [7, 11) is 0. The van der Waals surface area contributed by atoms with Crippen LogP contribution in [0.15, 0.2) is 60.7 Å². The normalized spacial score (nSPS) is 10.2. The van der Waals surface area contributed by atoms with Gasteiger partial charge in [-0.15, -0.1) is 0 Å². The minimum atomic E-state index is 0.703. The van der Waals surface area contributed by atoms with Gasteiger partial charge < -0.3 is 5.32 Å². The largest absolute Gasteiger partial charge is 0.355 e. The van der Waals surface area contributed by atoms with Gasteiger partial charge in [-0.1, -0.05) is 24.3 Å². The molecule has 0 aromatic heterocycles. The van der Waals surface area contributed by atoms with Crippen molar-refractivity contribution in [1.82, 2.24) is 0 Å². The number of nitrogens with one attached hydrogen (secondary N) is 1. The summed E-state index contributed by atoms with van der Waals surface area (Å²) >= 11 is 2.29. The SMILES string of the molecule is N#Cc1ccc(Nc2ccc(I)cc2)c2ccccc12. The Labute approximate surface area is 131 Å². The highest BCUT2D eigenvalue weighted by Crippen LogP contribution is 2.28. The van der Waals surface area contributed by atoms with E-state index in [4.69, 9.17) is 0 Å². The Kier molecular flexibility index (Phi) is 3.57. The van der Waals surface area contributed by atoms with Crippen molar-refractivity contribution < 1.29 is 0 Å². The van der Waals surface area contributed by atoms with E-state index in [-0.39, 0.29) is 0 Å². The molecule has 0 bridgehead atoms. The van der Waals surface area contributed by atoms with Crippen molar-refractivity contribution in [1.29, 1.82) is 5.26 Å². The second-order valence-corrected chi connectivity index (χ2v) is 5.70. The van der Waals surface area contributed by atoms with Crippen molar-refractivity contribution in [2.24, 2.45) is 0 Å². The van der Waals surface area contributed by atoms with Crippen molar-refractivity contribution >= 4 is 44.7 Å². The van der Waals surface area contributed by atoms with Crippen LogP contribution in [0, 0.1) is 14.9 Å². The van der Waals surface area contributed by atoms with Crippen molar-refractivity contribution in [2.45, 2.75) is 0 Å². The summed E-state index contributed by atoms with van der Waals surface area (Å²) in [6.07, 6.45) is 0. The lowest BCUT2D eigenvalue weighted by atomic mass is 10.0. The van der Waals surface area contributed by atoms with Gasteiger partial charge in [-0.2, -0.15) is 5.26 Å². The fraction of sp³-hybridized carbons (Fsp3) is 0. The summed E-state index contributed by atoms with van der Waals surface area (Å²) in [6, 6.07) is 22.2. The second-order valence-electron chi connectivity index (χ2n) is 4.45. The molecule has 0 saturated heterocycles. The molecular weight excluding hydrogens is 359 g/mol. The topological polar surface area (TPSA) is 35.8 Å². The first-order chi connectivity index (χ1) is 9.78. The molecule has 0 aliphatic heterocycles. The highest BCUT2D eigenvalue weighted by molar-refractivity contribution is 14.1. The minimum absolute atomic E-state index is 0.703. The van der Waals surface area contributed by atoms with E-state index < -0.39 is 0 Å². The smallest absolute Gasteiger partial charge is 0.0998 e. The van der Waals surface area contributed by atoms with Gasteiger partial charge in [0.1, 0.15) is 0 Å². The Morgan fingerprint density at radius 1 is 0.850 bits per heavy atom. The van der Waals surface area contributed by atoms with E-state index in [0.717, 1.165) is 22.1 Å². The molecule has 3 rings (SSSR count). The molecule has 0 spiro atoms. The van der Waals surface area contributed by atoms with Gasteiger partial charge >= 0.3 is 0 Å². The van der Waals surface area contributed by atoms with Crippen LogP contribution in [0.3, 0.4) is 0 Å². The zero-order chi connectivity index (χ0) is 13.9. The Morgan fingerprint density at radius 2 is 1.55 bits per heavy atom. The van der Waals surface area contributed by atoms with Crippen molar-refractivity contribution in [2.75, 3.05) is 5.32 Å². The lowest BCUT2D eigenvalue weighted by molar-refractivity contribution is 1.50. The van der Waals surface area contributed by atoms with E-state index in [0.29, 0.717) is 5.56 Å². The number of nitrogens with zero attached hydrogens (tertiary/aromatic N) is 1. The van der Waals surface area contributed by atoms with Gasteiger partial charge in [0.25, 0.3) is 0 Å². The van der Waals surface area contributed by atoms with Crippen molar-refractivity contribution in [3.05, 3.63) is 69.8 Å². The molecule has 3 aromatic rings. The maximum Gasteiger partial charge on any atom is 0.0998 e. The van der Waals surface area contributed by atoms with Gasteiger partial charge in [0.15, 0.2) is 0 Å². The quantitative estimate of drug-likeness (QED) is 0.640. The van der Waals surface area contributed by atoms with Crippen LogP contribution in [0.4, 0.5) is 11.4 Å². The standard InChI is InChI=1S/C17H11IN2/c18-13-6-8-14(9-7-13)20-17-10-5-12(11-19)15-3-1-2-4-16(15)17/h1-10,20H. The monoisotopic (exact) mass is 370 g/mol. The van der Waals surface area contributed by atoms with E-state index in [1.54, 1.807) is 0 Å². The molecule has 0 saturated carbocycles. The predicted molar refractivity (Wildman–Crippen MR) is 91.1 cm³/mol. The number of hydrogen-bond acceptors (Lipinski definition) is 2. The minimum Gasteiger partial charge on any atom is -0.355 e. The van der Waals surface area contributed by atoms with E-state index in [1.807, 2.05) is 36.4 Å². The maximum atomic E-state index is 9.18. The van der Waals surface area contributed by atoms with Crippen LogP contribution in [0.5, 0.6) is 0 Å². The molecule has 0 aliphatic rings. The summed E-state index contributed by atoms with van der Waals surface area (Å²) < 4.78 is 1.21. The zero-order valence-corrected chi connectivity index (χ0v) is 12.8. The molecule has 3 heteroatoms. The lowest BCUT2D eigenvalue weighted by Gasteiger charge is -2.11. The molecule has 0 radical (unpaired) electrons. The third-order valence-corrected chi connectivity index (χ3v) is 3.89. The van der Waals surface area contributed by atoms with Crippen molar-refractivity contribution in [3.8, 4) is 6.07 Å². The summed E-state index contributed by atoms with van der Waals surface area (Å²) in [6.45, 7) is 0. The molecule has 0 atom stereocenters. The van der Waals surface area contributed by atoms with E-state index in [1.165, 1.54) is 3.57 Å². The molecule has 0 aliphatic carbocycles. The van der Waals surface area contributed by atoms with Crippen LogP contribution in [0.1, 0.15) is 5.56 Å². The Hall–Kier alpha value is -2.06. The van der Waals surface area contributed by atoms with Crippen LogP contribution >= 0.6 is 22.6 Å². The average molecular weight is 370 g/mol. The first-order valence-corrected chi connectivity index (χ1v) is 7.30. The van der Waals surface area contributed by atoms with Gasteiger partial charge in [0.2, 0.25) is 0 Å². The number of fused-ring (bicyclic) bond motifs is 1. The van der Waals surface area contributed by atoms with E-state index in [2.05, 4.69) is 58.2 Å². The van der Waals surface area contributed by atoms with Crippen LogP contribution < -0.4 is 5.32 Å². The van der Waals surface area contributed by atoms with Gasteiger partial charge in [-0.25, -0.2) is 0 Å². The third kappa shape index (κ3) is 2.47. The highest BCUT2D eigenvalue weighted by Gasteiger charge is 2.05. The molecule has 0 heterocycles. The molecule has 3 aromatic carbocycles. The zero-order valence-electron chi connectivity index (χ0n) is 10.6. The van der Waals surface area contributed by atoms with Gasteiger partial charge in [-0.05, 0) is 59.0 Å². The first kappa shape index (κ1) is 12.9. The number of hydrogen-bond donors (Lipinski definition) is 1. The van der Waals surface area contributed by atoms with Crippen LogP contribution in [0.2, 0.25) is 0 Å². The maximum absolute atomic E-state index is 9.18. The molecule has 96 valence electrons. The summed E-state index contributed by atoms with van der Waals surface area (Å²) in [5.74, 6) is 0. The number of rotatable bonds is 2. The molecule has 0 fully saturated rings. The molecule has 2 nitrogen and oxygen atoms in total. The molecule has 0 unspecified atom stereocenters. The van der Waals surface area contributed by atoms with Crippen LogP contribution in [-0.4, -0.2) is 0 Å². The average Bonchev–Trinajstić information content (AvgIpc) is 2.50. The first-order valence-electron chi connectivity index (χ1n) is 6.22. The number of halogens is 1.